The maximum Gasteiger partial charge on any atom is 0.323 e. The van der Waals surface area contributed by atoms with Crippen molar-refractivity contribution < 1.29 is 9.18 Å². The maximum atomic E-state index is 13.4. The van der Waals surface area contributed by atoms with Crippen LogP contribution < -0.4 is 5.32 Å². The first-order valence-electron chi connectivity index (χ1n) is 9.25. The van der Waals surface area contributed by atoms with E-state index >= 15 is 0 Å². The van der Waals surface area contributed by atoms with Gasteiger partial charge in [-0.3, -0.25) is 10.2 Å². The van der Waals surface area contributed by atoms with E-state index in [1.165, 1.54) is 25.0 Å². The van der Waals surface area contributed by atoms with Crippen LogP contribution in [-0.4, -0.2) is 57.8 Å². The number of anilines is 1. The number of fused-ring (bicyclic) bond motifs is 1. The third-order valence-corrected chi connectivity index (χ3v) is 5.26. The van der Waals surface area contributed by atoms with Crippen molar-refractivity contribution in [3.63, 3.8) is 0 Å². The lowest BCUT2D eigenvalue weighted by Crippen LogP contribution is -2.41. The molecule has 0 aliphatic carbocycles. The zero-order valence-electron chi connectivity index (χ0n) is 14.8. The molecule has 2 aliphatic rings. The van der Waals surface area contributed by atoms with Crippen LogP contribution in [-0.2, 0) is 6.54 Å². The van der Waals surface area contributed by atoms with Gasteiger partial charge in [-0.2, -0.15) is 5.10 Å². The Kier molecular flexibility index (Phi) is 4.88. The van der Waals surface area contributed by atoms with Gasteiger partial charge in [-0.25, -0.2) is 13.9 Å². The topological polar surface area (TPSA) is 53.4 Å². The zero-order valence-corrected chi connectivity index (χ0v) is 14.8. The summed E-state index contributed by atoms with van der Waals surface area (Å²) in [5.41, 5.74) is 0.806. The molecule has 26 heavy (non-hydrogen) atoms. The first kappa shape index (κ1) is 17.0. The third kappa shape index (κ3) is 3.72. The first-order chi connectivity index (χ1) is 12.7. The summed E-state index contributed by atoms with van der Waals surface area (Å²) in [5.74, 6) is 0.359. The Labute approximate surface area is 152 Å². The normalized spacial score (nSPS) is 20.7. The molecule has 1 aromatic carbocycles. The van der Waals surface area contributed by atoms with E-state index in [4.69, 9.17) is 0 Å². The van der Waals surface area contributed by atoms with Gasteiger partial charge < -0.3 is 4.90 Å². The summed E-state index contributed by atoms with van der Waals surface area (Å²) in [7, 11) is 0. The number of benzene rings is 1. The van der Waals surface area contributed by atoms with Crippen molar-refractivity contribution in [3.05, 3.63) is 47.9 Å². The second-order valence-corrected chi connectivity index (χ2v) is 7.07. The van der Waals surface area contributed by atoms with Crippen molar-refractivity contribution in [3.8, 4) is 0 Å². The minimum Gasteiger partial charge on any atom is -0.323 e. The summed E-state index contributed by atoms with van der Waals surface area (Å²) >= 11 is 0. The quantitative estimate of drug-likeness (QED) is 0.919. The van der Waals surface area contributed by atoms with Gasteiger partial charge in [0.2, 0.25) is 0 Å². The van der Waals surface area contributed by atoms with E-state index in [0.717, 1.165) is 38.2 Å². The molecule has 0 bridgehead atoms. The van der Waals surface area contributed by atoms with Gasteiger partial charge in [0, 0.05) is 31.7 Å². The predicted molar refractivity (Wildman–Crippen MR) is 97.5 cm³/mol. The van der Waals surface area contributed by atoms with Crippen LogP contribution in [0.15, 0.2) is 36.5 Å². The van der Waals surface area contributed by atoms with Gasteiger partial charge in [0.25, 0.3) is 0 Å². The largest absolute Gasteiger partial charge is 0.323 e. The molecule has 2 aromatic rings. The lowest BCUT2D eigenvalue weighted by molar-refractivity contribution is 0.200. The SMILES string of the molecule is O=C(Nc1ccnn1Cc1cccc(F)c1)N1CCCN2CCC[C@H]2C1. The molecule has 3 heterocycles. The van der Waals surface area contributed by atoms with Crippen LogP contribution in [0.25, 0.3) is 0 Å². The van der Waals surface area contributed by atoms with Gasteiger partial charge in [0.15, 0.2) is 0 Å². The molecule has 1 N–H and O–H groups in total. The first-order valence-corrected chi connectivity index (χ1v) is 9.25. The predicted octanol–water partition coefficient (Wildman–Crippen LogP) is 2.77. The molecule has 6 nitrogen and oxygen atoms in total. The van der Waals surface area contributed by atoms with Crippen LogP contribution in [0, 0.1) is 5.82 Å². The van der Waals surface area contributed by atoms with E-state index in [2.05, 4.69) is 15.3 Å². The van der Waals surface area contributed by atoms with Crippen molar-refractivity contribution >= 4 is 11.8 Å². The molecule has 2 amide bonds. The van der Waals surface area contributed by atoms with Crippen LogP contribution >= 0.6 is 0 Å². The van der Waals surface area contributed by atoms with E-state index < -0.39 is 0 Å². The van der Waals surface area contributed by atoms with Crippen molar-refractivity contribution in [2.24, 2.45) is 0 Å². The summed E-state index contributed by atoms with van der Waals surface area (Å²) in [6.07, 6.45) is 5.05. The van der Waals surface area contributed by atoms with Crippen molar-refractivity contribution in [2.45, 2.75) is 31.8 Å². The molecule has 1 atom stereocenters. The monoisotopic (exact) mass is 357 g/mol. The van der Waals surface area contributed by atoms with Crippen molar-refractivity contribution in [1.29, 1.82) is 0 Å². The highest BCUT2D eigenvalue weighted by atomic mass is 19.1. The summed E-state index contributed by atoms with van der Waals surface area (Å²) in [6.45, 7) is 4.20. The molecule has 0 radical (unpaired) electrons. The summed E-state index contributed by atoms with van der Waals surface area (Å²) in [4.78, 5) is 17.2. The number of hydrogen-bond donors (Lipinski definition) is 1. The smallest absolute Gasteiger partial charge is 0.323 e. The molecule has 2 fully saturated rings. The Morgan fingerprint density at radius 3 is 3.00 bits per heavy atom. The van der Waals surface area contributed by atoms with E-state index in [1.807, 2.05) is 11.0 Å². The fourth-order valence-corrected chi connectivity index (χ4v) is 3.95. The number of nitrogens with zero attached hydrogens (tertiary/aromatic N) is 4. The second kappa shape index (κ2) is 7.45. The zero-order chi connectivity index (χ0) is 17.9. The Bertz CT molecular complexity index is 777. The highest BCUT2D eigenvalue weighted by Crippen LogP contribution is 2.22. The minimum absolute atomic E-state index is 0.0836. The molecule has 0 saturated carbocycles. The molecular weight excluding hydrogens is 333 g/mol. The lowest BCUT2D eigenvalue weighted by Gasteiger charge is -2.26. The van der Waals surface area contributed by atoms with Gasteiger partial charge in [-0.05, 0) is 43.5 Å². The molecule has 0 spiro atoms. The number of urea groups is 1. The number of carbonyl (C=O) groups is 1. The highest BCUT2D eigenvalue weighted by Gasteiger charge is 2.30. The maximum absolute atomic E-state index is 13.4. The van der Waals surface area contributed by atoms with Crippen molar-refractivity contribution in [2.75, 3.05) is 31.5 Å². The molecule has 7 heteroatoms. The van der Waals surface area contributed by atoms with Crippen molar-refractivity contribution in [1.82, 2.24) is 19.6 Å². The number of rotatable bonds is 3. The molecule has 1 aromatic heterocycles. The van der Waals surface area contributed by atoms with Crippen LogP contribution in [0.2, 0.25) is 0 Å². The average molecular weight is 357 g/mol. The fourth-order valence-electron chi connectivity index (χ4n) is 3.95. The van der Waals surface area contributed by atoms with Crippen LogP contribution in [0.4, 0.5) is 15.0 Å². The van der Waals surface area contributed by atoms with Crippen LogP contribution in [0.3, 0.4) is 0 Å². The Balaban J connectivity index is 1.42. The van der Waals surface area contributed by atoms with Gasteiger partial charge in [0.1, 0.15) is 11.6 Å². The van der Waals surface area contributed by atoms with E-state index in [1.54, 1.807) is 23.0 Å². The van der Waals surface area contributed by atoms with E-state index in [0.29, 0.717) is 18.4 Å². The number of carbonyl (C=O) groups excluding carboxylic acids is 1. The molecule has 4 rings (SSSR count). The average Bonchev–Trinajstić information content (AvgIpc) is 3.19. The Morgan fingerprint density at radius 2 is 2.12 bits per heavy atom. The molecule has 138 valence electrons. The Morgan fingerprint density at radius 1 is 1.23 bits per heavy atom. The molecule has 0 unspecified atom stereocenters. The molecular formula is C19H24FN5O. The van der Waals surface area contributed by atoms with Gasteiger partial charge in [0.05, 0.1) is 12.7 Å². The lowest BCUT2D eigenvalue weighted by atomic mass is 10.2. The summed E-state index contributed by atoms with van der Waals surface area (Å²) in [5, 5.41) is 7.24. The number of hydrogen-bond acceptors (Lipinski definition) is 3. The minimum atomic E-state index is -0.272. The van der Waals surface area contributed by atoms with Gasteiger partial charge in [-0.15, -0.1) is 0 Å². The summed E-state index contributed by atoms with van der Waals surface area (Å²) in [6, 6.07) is 8.60. The van der Waals surface area contributed by atoms with Crippen LogP contribution in [0.5, 0.6) is 0 Å². The van der Waals surface area contributed by atoms with E-state index in [-0.39, 0.29) is 11.8 Å². The molecule has 2 saturated heterocycles. The van der Waals surface area contributed by atoms with E-state index in [9.17, 15) is 9.18 Å². The Hall–Kier alpha value is -2.41. The fraction of sp³-hybridized carbons (Fsp3) is 0.474. The summed E-state index contributed by atoms with van der Waals surface area (Å²) < 4.78 is 15.1. The second-order valence-electron chi connectivity index (χ2n) is 7.07. The van der Waals surface area contributed by atoms with Gasteiger partial charge >= 0.3 is 6.03 Å². The number of nitrogens with one attached hydrogen (secondary N) is 1. The van der Waals surface area contributed by atoms with Crippen LogP contribution in [0.1, 0.15) is 24.8 Å². The van der Waals surface area contributed by atoms with Gasteiger partial charge in [-0.1, -0.05) is 12.1 Å². The number of amides is 2. The standard InChI is InChI=1S/C19H24FN5O/c20-16-5-1-4-15(12-16)13-25-18(7-8-21-25)22-19(26)24-11-3-10-23-9-2-6-17(23)14-24/h1,4-5,7-8,12,17H,2-3,6,9-11,13-14H2,(H,22,26)/t17-/m0/s1. The third-order valence-electron chi connectivity index (χ3n) is 5.26. The number of halogens is 1. The highest BCUT2D eigenvalue weighted by molar-refractivity contribution is 5.88. The number of aromatic nitrogens is 2. The molecule has 2 aliphatic heterocycles.